The number of thioether (sulfide) groups is 1. The average molecular weight is 488 g/mol. The fourth-order valence-electron chi connectivity index (χ4n) is 4.39. The van der Waals surface area contributed by atoms with Gasteiger partial charge in [0.2, 0.25) is 0 Å². The van der Waals surface area contributed by atoms with Gasteiger partial charge in [0.15, 0.2) is 10.6 Å². The third kappa shape index (κ3) is 3.44. The molecular weight excluding hydrogens is 469 g/mol. The highest BCUT2D eigenvalue weighted by atomic mass is 32.2. The number of hydrogen-bond donors (Lipinski definition) is 0. The van der Waals surface area contributed by atoms with Crippen LogP contribution in [-0.4, -0.2) is 36.1 Å². The molecule has 5 rings (SSSR count). The zero-order chi connectivity index (χ0) is 24.1. The van der Waals surface area contributed by atoms with Gasteiger partial charge < -0.3 is 19.0 Å². The summed E-state index contributed by atoms with van der Waals surface area (Å²) < 4.78 is 49.6. The fraction of sp³-hybridized carbons (Fsp3) is 0.250. The number of benzene rings is 2. The van der Waals surface area contributed by atoms with Crippen molar-refractivity contribution in [2.75, 3.05) is 24.3 Å². The Kier molecular flexibility index (Phi) is 5.35. The highest BCUT2D eigenvalue weighted by Crippen LogP contribution is 2.55. The topological polar surface area (TPSA) is 63.0 Å². The Bertz CT molecular complexity index is 1240. The van der Waals surface area contributed by atoms with Crippen molar-refractivity contribution in [2.45, 2.75) is 17.6 Å². The molecule has 176 valence electrons. The van der Waals surface area contributed by atoms with Crippen LogP contribution in [0.15, 0.2) is 65.3 Å². The number of carbonyl (C=O) groups excluding carboxylic acids is 2. The summed E-state index contributed by atoms with van der Waals surface area (Å²) in [5.74, 6) is 0.440. The molecule has 1 saturated heterocycles. The van der Waals surface area contributed by atoms with Crippen molar-refractivity contribution >= 4 is 29.3 Å². The maximum Gasteiger partial charge on any atom is 0.416 e. The lowest BCUT2D eigenvalue weighted by Gasteiger charge is -2.32. The molecule has 3 heterocycles. The monoisotopic (exact) mass is 488 g/mol. The van der Waals surface area contributed by atoms with E-state index in [4.69, 9.17) is 9.15 Å². The van der Waals surface area contributed by atoms with Gasteiger partial charge in [-0.25, -0.2) is 0 Å². The number of rotatable bonds is 4. The molecule has 2 aliphatic heterocycles. The summed E-state index contributed by atoms with van der Waals surface area (Å²) >= 11 is 1.34. The number of hydrogen-bond acceptors (Lipinski definition) is 5. The summed E-state index contributed by atoms with van der Waals surface area (Å²) in [6, 6.07) is 13.0. The second-order valence-corrected chi connectivity index (χ2v) is 9.18. The summed E-state index contributed by atoms with van der Waals surface area (Å²) in [7, 11) is 1.51. The summed E-state index contributed by atoms with van der Waals surface area (Å²) in [5.41, 5.74) is 0.961. The van der Waals surface area contributed by atoms with Crippen LogP contribution in [-0.2, 0) is 22.4 Å². The minimum atomic E-state index is -4.44. The van der Waals surface area contributed by atoms with Crippen molar-refractivity contribution in [3.8, 4) is 5.75 Å². The van der Waals surface area contributed by atoms with Crippen LogP contribution in [0.1, 0.15) is 27.2 Å². The van der Waals surface area contributed by atoms with Crippen LogP contribution < -0.4 is 9.64 Å². The molecule has 1 unspecified atom stereocenters. The molecule has 1 atom stereocenters. The van der Waals surface area contributed by atoms with E-state index in [-0.39, 0.29) is 18.2 Å². The quantitative estimate of drug-likeness (QED) is 0.523. The van der Waals surface area contributed by atoms with Crippen LogP contribution >= 0.6 is 11.8 Å². The molecule has 0 saturated carbocycles. The molecule has 0 bridgehead atoms. The van der Waals surface area contributed by atoms with E-state index in [0.717, 1.165) is 12.1 Å². The minimum Gasteiger partial charge on any atom is -0.497 e. The van der Waals surface area contributed by atoms with E-state index in [1.54, 1.807) is 30.3 Å². The molecule has 3 aromatic rings. The second-order valence-electron chi connectivity index (χ2n) is 7.90. The van der Waals surface area contributed by atoms with Crippen molar-refractivity contribution in [1.82, 2.24) is 4.90 Å². The Morgan fingerprint density at radius 3 is 2.59 bits per heavy atom. The first-order valence-corrected chi connectivity index (χ1v) is 11.4. The van der Waals surface area contributed by atoms with Crippen LogP contribution in [0.2, 0.25) is 0 Å². The number of amides is 2. The molecule has 2 aliphatic rings. The van der Waals surface area contributed by atoms with Gasteiger partial charge >= 0.3 is 6.18 Å². The van der Waals surface area contributed by atoms with E-state index in [2.05, 4.69) is 0 Å². The van der Waals surface area contributed by atoms with E-state index in [0.29, 0.717) is 34.9 Å². The Balaban J connectivity index is 1.56. The standard InChI is InChI=1S/C24H19F3N2O4S/c1-32-17-8-9-19-18(13-17)23(29(10-12-34-23)21(30)20-3-2-11-33-20)22(31)28(19)14-15-4-6-16(7-5-15)24(25,26)27/h2-9,11,13H,10,12,14H2,1H3. The summed E-state index contributed by atoms with van der Waals surface area (Å²) in [5, 5.41) is 0. The number of carbonyl (C=O) groups is 2. The molecule has 0 aliphatic carbocycles. The van der Waals surface area contributed by atoms with E-state index in [1.165, 1.54) is 47.1 Å². The first-order chi connectivity index (χ1) is 16.3. The van der Waals surface area contributed by atoms with Crippen LogP contribution in [0.5, 0.6) is 5.75 Å². The normalized spacial score (nSPS) is 19.7. The largest absolute Gasteiger partial charge is 0.497 e. The number of ether oxygens (including phenoxy) is 1. The van der Waals surface area contributed by atoms with Gasteiger partial charge in [-0.05, 0) is 48.0 Å². The van der Waals surface area contributed by atoms with Gasteiger partial charge in [0.1, 0.15) is 5.75 Å². The predicted molar refractivity (Wildman–Crippen MR) is 120 cm³/mol. The average Bonchev–Trinajstić information content (AvgIpc) is 3.56. The molecular formula is C24H19F3N2O4S. The highest BCUT2D eigenvalue weighted by molar-refractivity contribution is 8.01. The van der Waals surface area contributed by atoms with E-state index >= 15 is 0 Å². The smallest absolute Gasteiger partial charge is 0.416 e. The molecule has 1 aromatic heterocycles. The number of alkyl halides is 3. The van der Waals surface area contributed by atoms with Crippen molar-refractivity contribution in [1.29, 1.82) is 0 Å². The first-order valence-electron chi connectivity index (χ1n) is 10.4. The number of fused-ring (bicyclic) bond motifs is 2. The Labute approximate surface area is 197 Å². The van der Waals surface area contributed by atoms with E-state index in [1.807, 2.05) is 0 Å². The molecule has 1 fully saturated rings. The lowest BCUT2D eigenvalue weighted by atomic mass is 10.0. The SMILES string of the molecule is COc1ccc2c(c1)C1(SCCN1C(=O)c1ccco1)C(=O)N2Cc1ccc(C(F)(F)F)cc1. The van der Waals surface area contributed by atoms with Gasteiger partial charge in [-0.1, -0.05) is 12.1 Å². The number of nitrogens with zero attached hydrogens (tertiary/aromatic N) is 2. The van der Waals surface area contributed by atoms with Crippen LogP contribution in [0.25, 0.3) is 0 Å². The Morgan fingerprint density at radius 2 is 1.94 bits per heavy atom. The second kappa shape index (κ2) is 8.12. The number of halogens is 3. The van der Waals surface area contributed by atoms with Gasteiger partial charge in [-0.2, -0.15) is 13.2 Å². The highest BCUT2D eigenvalue weighted by Gasteiger charge is 2.60. The van der Waals surface area contributed by atoms with Gasteiger partial charge in [0.05, 0.1) is 31.2 Å². The molecule has 34 heavy (non-hydrogen) atoms. The number of anilines is 1. The van der Waals surface area contributed by atoms with Gasteiger partial charge in [-0.3, -0.25) is 9.59 Å². The summed E-state index contributed by atoms with van der Waals surface area (Å²) in [4.78, 5) is 28.9. The van der Waals surface area contributed by atoms with Gasteiger partial charge in [0.25, 0.3) is 11.8 Å². The van der Waals surface area contributed by atoms with Crippen LogP contribution in [0.4, 0.5) is 18.9 Å². The van der Waals surface area contributed by atoms with E-state index in [9.17, 15) is 22.8 Å². The predicted octanol–water partition coefficient (Wildman–Crippen LogP) is 4.90. The molecule has 1 spiro atoms. The Hall–Kier alpha value is -3.40. The molecule has 10 heteroatoms. The molecule has 0 radical (unpaired) electrons. The molecule has 2 amide bonds. The van der Waals surface area contributed by atoms with Crippen LogP contribution in [0, 0.1) is 0 Å². The molecule has 2 aromatic carbocycles. The third-order valence-corrected chi connectivity index (χ3v) is 7.42. The van der Waals surface area contributed by atoms with Crippen LogP contribution in [0.3, 0.4) is 0 Å². The maximum atomic E-state index is 14.0. The summed E-state index contributed by atoms with van der Waals surface area (Å²) in [6.45, 7) is 0.391. The van der Waals surface area contributed by atoms with Gasteiger partial charge in [0, 0.05) is 17.9 Å². The lowest BCUT2D eigenvalue weighted by molar-refractivity contribution is -0.137. The molecule has 6 nitrogen and oxygen atoms in total. The summed E-state index contributed by atoms with van der Waals surface area (Å²) in [6.07, 6.45) is -3.05. The fourth-order valence-corrected chi connectivity index (χ4v) is 5.85. The first kappa shape index (κ1) is 22.4. The van der Waals surface area contributed by atoms with Crippen molar-refractivity contribution in [3.05, 3.63) is 83.3 Å². The molecule has 0 N–H and O–H groups in total. The Morgan fingerprint density at radius 1 is 1.18 bits per heavy atom. The number of methoxy groups -OCH3 is 1. The number of furan rings is 1. The lowest BCUT2D eigenvalue weighted by Crippen LogP contribution is -2.50. The van der Waals surface area contributed by atoms with E-state index < -0.39 is 22.5 Å². The minimum absolute atomic E-state index is 0.0569. The zero-order valence-electron chi connectivity index (χ0n) is 18.0. The maximum absolute atomic E-state index is 14.0. The van der Waals surface area contributed by atoms with Gasteiger partial charge in [-0.15, -0.1) is 11.8 Å². The van der Waals surface area contributed by atoms with Crippen molar-refractivity contribution in [3.63, 3.8) is 0 Å². The third-order valence-electron chi connectivity index (χ3n) is 6.00. The van der Waals surface area contributed by atoms with Crippen molar-refractivity contribution < 1.29 is 31.9 Å². The zero-order valence-corrected chi connectivity index (χ0v) is 18.8. The van der Waals surface area contributed by atoms with Crippen molar-refractivity contribution in [2.24, 2.45) is 0 Å².